The van der Waals surface area contributed by atoms with E-state index in [2.05, 4.69) is 0 Å². The van der Waals surface area contributed by atoms with Crippen molar-refractivity contribution in [1.82, 2.24) is 4.90 Å². The van der Waals surface area contributed by atoms with Crippen LogP contribution in [-0.4, -0.2) is 39.6 Å². The first-order chi connectivity index (χ1) is 8.32. The van der Waals surface area contributed by atoms with Gasteiger partial charge in [0.05, 0.1) is 10.6 Å². The highest BCUT2D eigenvalue weighted by Gasteiger charge is 2.19. The molecule has 0 fully saturated rings. The zero-order chi connectivity index (χ0) is 13.9. The zero-order valence-corrected chi connectivity index (χ0v) is 11.1. The maximum atomic E-state index is 12.0. The SMILES string of the molecule is CC(CN(C)C(=O)c1cc(O)ccc1O)C(N)=S. The molecule has 1 atom stereocenters. The van der Waals surface area contributed by atoms with Crippen LogP contribution in [0, 0.1) is 5.92 Å². The number of benzene rings is 1. The highest BCUT2D eigenvalue weighted by molar-refractivity contribution is 7.80. The summed E-state index contributed by atoms with van der Waals surface area (Å²) in [7, 11) is 1.58. The van der Waals surface area contributed by atoms with Crippen molar-refractivity contribution in [2.75, 3.05) is 13.6 Å². The van der Waals surface area contributed by atoms with E-state index in [1.165, 1.54) is 23.1 Å². The smallest absolute Gasteiger partial charge is 0.257 e. The maximum absolute atomic E-state index is 12.0. The molecule has 1 unspecified atom stereocenters. The minimum absolute atomic E-state index is 0.0487. The van der Waals surface area contributed by atoms with Gasteiger partial charge in [0.2, 0.25) is 0 Å². The average molecular weight is 268 g/mol. The van der Waals surface area contributed by atoms with E-state index in [9.17, 15) is 15.0 Å². The van der Waals surface area contributed by atoms with Crippen molar-refractivity contribution in [2.24, 2.45) is 11.7 Å². The van der Waals surface area contributed by atoms with Crippen LogP contribution in [0.2, 0.25) is 0 Å². The molecule has 1 aromatic rings. The second-order valence-electron chi connectivity index (χ2n) is 4.19. The molecule has 0 saturated heterocycles. The van der Waals surface area contributed by atoms with Gasteiger partial charge in [-0.1, -0.05) is 19.1 Å². The maximum Gasteiger partial charge on any atom is 0.257 e. The normalized spacial score (nSPS) is 11.9. The number of phenols is 2. The average Bonchev–Trinajstić information content (AvgIpc) is 2.31. The van der Waals surface area contributed by atoms with Crippen LogP contribution in [0.4, 0.5) is 0 Å². The fraction of sp³-hybridized carbons (Fsp3) is 0.333. The predicted molar refractivity (Wildman–Crippen MR) is 72.7 cm³/mol. The van der Waals surface area contributed by atoms with Gasteiger partial charge < -0.3 is 20.8 Å². The molecule has 6 heteroatoms. The largest absolute Gasteiger partial charge is 0.508 e. The minimum Gasteiger partial charge on any atom is -0.508 e. The number of carbonyl (C=O) groups is 1. The number of nitrogens with zero attached hydrogens (tertiary/aromatic N) is 1. The molecule has 0 aliphatic carbocycles. The minimum atomic E-state index is -0.397. The molecule has 0 heterocycles. The van der Waals surface area contributed by atoms with Crippen LogP contribution >= 0.6 is 12.2 Å². The van der Waals surface area contributed by atoms with E-state index in [0.29, 0.717) is 11.5 Å². The first-order valence-electron chi connectivity index (χ1n) is 5.39. The fourth-order valence-corrected chi connectivity index (χ4v) is 1.56. The first kappa shape index (κ1) is 14.2. The van der Waals surface area contributed by atoms with E-state index < -0.39 is 5.91 Å². The molecule has 1 amide bonds. The summed E-state index contributed by atoms with van der Waals surface area (Å²) in [5.41, 5.74) is 5.53. The number of hydrogen-bond acceptors (Lipinski definition) is 4. The molecule has 0 saturated carbocycles. The third-order valence-electron chi connectivity index (χ3n) is 2.59. The zero-order valence-electron chi connectivity index (χ0n) is 10.3. The molecule has 0 spiro atoms. The van der Waals surface area contributed by atoms with Crippen LogP contribution in [0.3, 0.4) is 0 Å². The summed E-state index contributed by atoms with van der Waals surface area (Å²) < 4.78 is 0. The highest BCUT2D eigenvalue weighted by atomic mass is 32.1. The van der Waals surface area contributed by atoms with E-state index in [1.807, 2.05) is 6.92 Å². The number of amides is 1. The Morgan fingerprint density at radius 1 is 1.50 bits per heavy atom. The second kappa shape index (κ2) is 5.68. The molecule has 0 aromatic heterocycles. The fourth-order valence-electron chi connectivity index (χ4n) is 1.48. The number of hydrogen-bond donors (Lipinski definition) is 3. The second-order valence-corrected chi connectivity index (χ2v) is 4.66. The Bertz CT molecular complexity index is 476. The molecule has 0 bridgehead atoms. The lowest BCUT2D eigenvalue weighted by atomic mass is 10.1. The molecule has 0 radical (unpaired) electrons. The third kappa shape index (κ3) is 3.33. The first-order valence-corrected chi connectivity index (χ1v) is 5.80. The van der Waals surface area contributed by atoms with Crippen molar-refractivity contribution in [3.05, 3.63) is 23.8 Å². The Labute approximate surface area is 111 Å². The van der Waals surface area contributed by atoms with Gasteiger partial charge in [-0.3, -0.25) is 4.79 Å². The van der Waals surface area contributed by atoms with E-state index >= 15 is 0 Å². The molecule has 0 aliphatic rings. The van der Waals surface area contributed by atoms with Crippen molar-refractivity contribution in [1.29, 1.82) is 0 Å². The van der Waals surface area contributed by atoms with Crippen LogP contribution in [0.15, 0.2) is 18.2 Å². The van der Waals surface area contributed by atoms with Gasteiger partial charge in [0.1, 0.15) is 11.5 Å². The summed E-state index contributed by atoms with van der Waals surface area (Å²) >= 11 is 4.84. The number of carbonyl (C=O) groups excluding carboxylic acids is 1. The molecule has 4 N–H and O–H groups in total. The number of aromatic hydroxyl groups is 2. The number of phenolic OH excluding ortho intramolecular Hbond substituents is 2. The topological polar surface area (TPSA) is 86.8 Å². The summed E-state index contributed by atoms with van der Waals surface area (Å²) in [5.74, 6) is -0.764. The van der Waals surface area contributed by atoms with Crippen molar-refractivity contribution in [3.63, 3.8) is 0 Å². The Morgan fingerprint density at radius 3 is 2.67 bits per heavy atom. The standard InChI is InChI=1S/C12H16N2O3S/c1-7(11(13)18)6-14(2)12(17)9-5-8(15)3-4-10(9)16/h3-5,7,15-16H,6H2,1-2H3,(H2,13,18). The Morgan fingerprint density at radius 2 is 2.11 bits per heavy atom. The lowest BCUT2D eigenvalue weighted by Crippen LogP contribution is -2.35. The van der Waals surface area contributed by atoms with Gasteiger partial charge in [0, 0.05) is 19.5 Å². The van der Waals surface area contributed by atoms with Crippen molar-refractivity contribution < 1.29 is 15.0 Å². The molecule has 98 valence electrons. The molecule has 5 nitrogen and oxygen atoms in total. The number of nitrogens with two attached hydrogens (primary N) is 1. The van der Waals surface area contributed by atoms with E-state index in [-0.39, 0.29) is 23.0 Å². The van der Waals surface area contributed by atoms with Crippen LogP contribution in [-0.2, 0) is 0 Å². The van der Waals surface area contributed by atoms with Crippen LogP contribution < -0.4 is 5.73 Å². The van der Waals surface area contributed by atoms with E-state index in [1.54, 1.807) is 7.05 Å². The van der Waals surface area contributed by atoms with Crippen LogP contribution in [0.5, 0.6) is 11.5 Å². The monoisotopic (exact) mass is 268 g/mol. The summed E-state index contributed by atoms with van der Waals surface area (Å²) in [6, 6.07) is 3.80. The van der Waals surface area contributed by atoms with Gasteiger partial charge in [0.25, 0.3) is 5.91 Å². The molecule has 0 aliphatic heterocycles. The van der Waals surface area contributed by atoms with Crippen LogP contribution in [0.1, 0.15) is 17.3 Å². The van der Waals surface area contributed by atoms with E-state index in [4.69, 9.17) is 18.0 Å². The number of rotatable bonds is 4. The van der Waals surface area contributed by atoms with Gasteiger partial charge in [-0.15, -0.1) is 0 Å². The predicted octanol–water partition coefficient (Wildman–Crippen LogP) is 1.09. The van der Waals surface area contributed by atoms with Gasteiger partial charge in [-0.2, -0.15) is 0 Å². The van der Waals surface area contributed by atoms with Gasteiger partial charge >= 0.3 is 0 Å². The van der Waals surface area contributed by atoms with E-state index in [0.717, 1.165) is 0 Å². The van der Waals surface area contributed by atoms with Gasteiger partial charge in [-0.05, 0) is 18.2 Å². The molecule has 1 aromatic carbocycles. The summed E-state index contributed by atoms with van der Waals surface area (Å²) in [6.45, 7) is 2.16. The van der Waals surface area contributed by atoms with Crippen molar-refractivity contribution >= 4 is 23.1 Å². The Balaban J connectivity index is 2.86. The van der Waals surface area contributed by atoms with Gasteiger partial charge in [-0.25, -0.2) is 0 Å². The summed E-state index contributed by atoms with van der Waals surface area (Å²) in [5, 5.41) is 18.9. The highest BCUT2D eigenvalue weighted by Crippen LogP contribution is 2.23. The Kier molecular flexibility index (Phi) is 4.49. The quantitative estimate of drug-likeness (QED) is 0.562. The Hall–Kier alpha value is -1.82. The van der Waals surface area contributed by atoms with Crippen molar-refractivity contribution in [3.8, 4) is 11.5 Å². The number of thiocarbonyl (C=S) groups is 1. The summed E-state index contributed by atoms with van der Waals surface area (Å²) in [4.78, 5) is 13.8. The third-order valence-corrected chi connectivity index (χ3v) is 2.99. The lowest BCUT2D eigenvalue weighted by Gasteiger charge is -2.21. The molecular weight excluding hydrogens is 252 g/mol. The van der Waals surface area contributed by atoms with Gasteiger partial charge in [0.15, 0.2) is 0 Å². The lowest BCUT2D eigenvalue weighted by molar-refractivity contribution is 0.0783. The summed E-state index contributed by atoms with van der Waals surface area (Å²) in [6.07, 6.45) is 0. The molecule has 1 rings (SSSR count). The molecule has 18 heavy (non-hydrogen) atoms. The van der Waals surface area contributed by atoms with Crippen LogP contribution in [0.25, 0.3) is 0 Å². The molecular formula is C12H16N2O3S. The van der Waals surface area contributed by atoms with Crippen molar-refractivity contribution in [2.45, 2.75) is 6.92 Å².